The van der Waals surface area contributed by atoms with Gasteiger partial charge in [-0.1, -0.05) is 54.6 Å². The molecule has 8 heteroatoms. The van der Waals surface area contributed by atoms with Crippen LogP contribution in [-0.2, 0) is 10.0 Å². The molecule has 4 aromatic rings. The Bertz CT molecular complexity index is 1400. The molecule has 4 rings (SSSR count). The average molecular weight is 461 g/mol. The van der Waals surface area contributed by atoms with Crippen LogP contribution >= 0.6 is 0 Å². The van der Waals surface area contributed by atoms with Crippen LogP contribution in [0.15, 0.2) is 102 Å². The van der Waals surface area contributed by atoms with E-state index in [0.717, 1.165) is 17.7 Å². The number of phenols is 1. The van der Waals surface area contributed by atoms with Crippen LogP contribution in [0.25, 0.3) is 11.1 Å². The van der Waals surface area contributed by atoms with Gasteiger partial charge in [0.15, 0.2) is 0 Å². The molecule has 3 N–H and O–H groups in total. The second-order valence-electron chi connectivity index (χ2n) is 7.09. The van der Waals surface area contributed by atoms with Gasteiger partial charge in [-0.2, -0.15) is 0 Å². The fourth-order valence-electron chi connectivity index (χ4n) is 3.21. The number of nitrogens with one attached hydrogen (secondary N) is 1. The van der Waals surface area contributed by atoms with E-state index in [0.29, 0.717) is 11.3 Å². The van der Waals surface area contributed by atoms with Crippen molar-refractivity contribution in [3.05, 3.63) is 103 Å². The summed E-state index contributed by atoms with van der Waals surface area (Å²) >= 11 is 0. The second-order valence-corrected chi connectivity index (χ2v) is 8.74. The van der Waals surface area contributed by atoms with Gasteiger partial charge in [0.25, 0.3) is 10.0 Å². The van der Waals surface area contributed by atoms with E-state index >= 15 is 0 Å². The van der Waals surface area contributed by atoms with Gasteiger partial charge in [-0.25, -0.2) is 13.2 Å². The van der Waals surface area contributed by atoms with Gasteiger partial charge in [-0.3, -0.25) is 4.72 Å². The molecule has 4 aromatic carbocycles. The Balaban J connectivity index is 1.76. The van der Waals surface area contributed by atoms with Crippen molar-refractivity contribution < 1.29 is 28.2 Å². The summed E-state index contributed by atoms with van der Waals surface area (Å²) in [4.78, 5) is 11.0. The van der Waals surface area contributed by atoms with Gasteiger partial charge in [0.2, 0.25) is 0 Å². The number of hydrogen-bond acceptors (Lipinski definition) is 5. The summed E-state index contributed by atoms with van der Waals surface area (Å²) in [5.41, 5.74) is 1.16. The quantitative estimate of drug-likeness (QED) is 0.342. The van der Waals surface area contributed by atoms with Gasteiger partial charge >= 0.3 is 5.97 Å². The Labute approximate surface area is 190 Å². The van der Waals surface area contributed by atoms with Crippen LogP contribution < -0.4 is 9.46 Å². The smallest absolute Gasteiger partial charge is 0.339 e. The Morgan fingerprint density at radius 1 is 0.788 bits per heavy atom. The minimum absolute atomic E-state index is 0.00766. The molecule has 0 heterocycles. The van der Waals surface area contributed by atoms with Gasteiger partial charge in [0.05, 0.1) is 5.69 Å². The zero-order chi connectivity index (χ0) is 23.4. The first-order valence-electron chi connectivity index (χ1n) is 9.85. The van der Waals surface area contributed by atoms with Crippen LogP contribution in [0.4, 0.5) is 5.69 Å². The van der Waals surface area contributed by atoms with E-state index in [1.807, 2.05) is 36.4 Å². The highest BCUT2D eigenvalue weighted by Crippen LogP contribution is 2.34. The number of sulfonamides is 1. The molecule has 0 aromatic heterocycles. The van der Waals surface area contributed by atoms with Crippen molar-refractivity contribution >= 4 is 21.7 Å². The molecule has 0 fully saturated rings. The summed E-state index contributed by atoms with van der Waals surface area (Å²) < 4.78 is 34.9. The van der Waals surface area contributed by atoms with Gasteiger partial charge in [-0.05, 0) is 47.5 Å². The van der Waals surface area contributed by atoms with Gasteiger partial charge in [0, 0.05) is 6.07 Å². The summed E-state index contributed by atoms with van der Waals surface area (Å²) in [5.74, 6) is -1.30. The molecule has 0 aliphatic heterocycles. The highest BCUT2D eigenvalue weighted by molar-refractivity contribution is 7.92. The molecule has 0 radical (unpaired) electrons. The number of rotatable bonds is 7. The first kappa shape index (κ1) is 21.9. The van der Waals surface area contributed by atoms with E-state index in [2.05, 4.69) is 4.72 Å². The van der Waals surface area contributed by atoms with E-state index in [9.17, 15) is 18.3 Å². The van der Waals surface area contributed by atoms with Crippen LogP contribution in [0.5, 0.6) is 17.2 Å². The largest absolute Gasteiger partial charge is 0.507 e. The maximum Gasteiger partial charge on any atom is 0.339 e. The summed E-state index contributed by atoms with van der Waals surface area (Å²) in [6, 6.07) is 26.3. The predicted molar refractivity (Wildman–Crippen MR) is 124 cm³/mol. The monoisotopic (exact) mass is 461 g/mol. The van der Waals surface area contributed by atoms with Gasteiger partial charge in [0.1, 0.15) is 27.7 Å². The first-order valence-corrected chi connectivity index (χ1v) is 11.3. The number of carboxylic acids is 1. The number of aromatic carboxylic acids is 1. The lowest BCUT2D eigenvalue weighted by molar-refractivity contribution is 0.0693. The maximum atomic E-state index is 13.3. The summed E-state index contributed by atoms with van der Waals surface area (Å²) in [6.45, 7) is 0. The average Bonchev–Trinajstić information content (AvgIpc) is 2.80. The molecule has 0 unspecified atom stereocenters. The Morgan fingerprint density at radius 2 is 1.45 bits per heavy atom. The topological polar surface area (TPSA) is 113 Å². The van der Waals surface area contributed by atoms with Crippen LogP contribution in [0.3, 0.4) is 0 Å². The molecular weight excluding hydrogens is 442 g/mol. The number of para-hydroxylation sites is 1. The minimum Gasteiger partial charge on any atom is -0.507 e. The standard InChI is InChI=1S/C25H19NO6S/c27-22-16-19(12-13-21(22)25(28)29)26-33(30,31)24-15-18(17-7-3-1-4-8-17)11-14-23(24)32-20-9-5-2-6-10-20/h1-16,26-27H,(H,28,29). The number of anilines is 1. The van der Waals surface area contributed by atoms with Crippen molar-refractivity contribution in [1.29, 1.82) is 0 Å². The summed E-state index contributed by atoms with van der Waals surface area (Å²) in [5, 5.41) is 19.0. The molecule has 0 saturated carbocycles. The number of aromatic hydroxyl groups is 1. The predicted octanol–water partition coefficient (Wildman–Crippen LogP) is 5.35. The number of carboxylic acid groups (broad SMARTS) is 1. The normalized spacial score (nSPS) is 11.0. The zero-order valence-corrected chi connectivity index (χ0v) is 18.0. The van der Waals surface area contributed by atoms with Crippen LogP contribution in [0, 0.1) is 0 Å². The van der Waals surface area contributed by atoms with Crippen molar-refractivity contribution in [2.45, 2.75) is 4.90 Å². The van der Waals surface area contributed by atoms with Crippen molar-refractivity contribution in [2.24, 2.45) is 0 Å². The van der Waals surface area contributed by atoms with Gasteiger partial charge in [-0.15, -0.1) is 0 Å². The fraction of sp³-hybridized carbons (Fsp3) is 0. The molecule has 7 nitrogen and oxygen atoms in total. The third-order valence-corrected chi connectivity index (χ3v) is 6.19. The van der Waals surface area contributed by atoms with E-state index in [-0.39, 0.29) is 21.9 Å². The lowest BCUT2D eigenvalue weighted by Crippen LogP contribution is -2.14. The highest BCUT2D eigenvalue weighted by atomic mass is 32.2. The van der Waals surface area contributed by atoms with E-state index in [4.69, 9.17) is 9.84 Å². The molecule has 0 amide bonds. The lowest BCUT2D eigenvalue weighted by Gasteiger charge is -2.15. The molecule has 0 aliphatic carbocycles. The van der Waals surface area contributed by atoms with E-state index in [1.54, 1.807) is 36.4 Å². The molecular formula is C25H19NO6S. The van der Waals surface area contributed by atoms with Crippen LogP contribution in [-0.4, -0.2) is 24.6 Å². The third-order valence-electron chi connectivity index (χ3n) is 4.79. The third kappa shape index (κ3) is 4.97. The molecule has 0 saturated heterocycles. The van der Waals surface area contributed by atoms with Gasteiger partial charge < -0.3 is 14.9 Å². The SMILES string of the molecule is O=C(O)c1ccc(NS(=O)(=O)c2cc(-c3ccccc3)ccc2Oc2ccccc2)cc1O. The van der Waals surface area contributed by atoms with Crippen LogP contribution in [0.1, 0.15) is 10.4 Å². The Hall–Kier alpha value is -4.30. The van der Waals surface area contributed by atoms with E-state index < -0.39 is 21.7 Å². The first-order chi connectivity index (χ1) is 15.8. The van der Waals surface area contributed by atoms with Crippen molar-refractivity contribution in [3.63, 3.8) is 0 Å². The number of benzene rings is 4. The maximum absolute atomic E-state index is 13.3. The van der Waals surface area contributed by atoms with Crippen molar-refractivity contribution in [3.8, 4) is 28.4 Å². The molecule has 33 heavy (non-hydrogen) atoms. The summed E-state index contributed by atoms with van der Waals surface area (Å²) in [7, 11) is -4.18. The van der Waals surface area contributed by atoms with Crippen molar-refractivity contribution in [1.82, 2.24) is 0 Å². The van der Waals surface area contributed by atoms with Crippen LogP contribution in [0.2, 0.25) is 0 Å². The molecule has 0 aliphatic rings. The Kier molecular flexibility index (Phi) is 6.01. The number of carbonyl (C=O) groups is 1. The molecule has 0 atom stereocenters. The lowest BCUT2D eigenvalue weighted by atomic mass is 10.1. The second kappa shape index (κ2) is 9.05. The molecule has 166 valence electrons. The number of ether oxygens (including phenoxy) is 1. The number of hydrogen-bond donors (Lipinski definition) is 3. The molecule has 0 spiro atoms. The van der Waals surface area contributed by atoms with Crippen molar-refractivity contribution in [2.75, 3.05) is 4.72 Å². The highest BCUT2D eigenvalue weighted by Gasteiger charge is 2.22. The summed E-state index contributed by atoms with van der Waals surface area (Å²) in [6.07, 6.45) is 0. The zero-order valence-electron chi connectivity index (χ0n) is 17.2. The Morgan fingerprint density at radius 3 is 2.09 bits per heavy atom. The molecule has 0 bridgehead atoms. The fourth-order valence-corrected chi connectivity index (χ4v) is 4.42. The minimum atomic E-state index is -4.18. The van der Waals surface area contributed by atoms with E-state index in [1.165, 1.54) is 12.1 Å².